The molecule has 2 aliphatic rings. The molecule has 2 rings (SSSR count). The number of epoxide rings is 1. The monoisotopic (exact) mass is 168 g/mol. The Balaban J connectivity index is 2.09. The Morgan fingerprint density at radius 1 is 1.50 bits per heavy atom. The Bertz CT molecular complexity index is 236. The van der Waals surface area contributed by atoms with Gasteiger partial charge in [-0.3, -0.25) is 0 Å². The van der Waals surface area contributed by atoms with E-state index in [0.717, 1.165) is 12.8 Å². The van der Waals surface area contributed by atoms with Gasteiger partial charge in [-0.25, -0.2) is 4.79 Å². The molecule has 0 aromatic carbocycles. The van der Waals surface area contributed by atoms with Crippen molar-refractivity contribution in [1.82, 2.24) is 0 Å². The minimum Gasteiger partial charge on any atom is -0.437 e. The van der Waals surface area contributed by atoms with E-state index in [1.54, 1.807) is 0 Å². The Hall–Kier alpha value is -0.830. The largest absolute Gasteiger partial charge is 0.437 e. The number of carbonyl (C=O) groups excluding carboxylic acids is 1. The van der Waals surface area contributed by atoms with Gasteiger partial charge in [-0.05, 0) is 31.8 Å². The first-order valence-electron chi connectivity index (χ1n) is 4.32. The lowest BCUT2D eigenvalue weighted by atomic mass is 10.1. The van der Waals surface area contributed by atoms with E-state index < -0.39 is 5.60 Å². The lowest BCUT2D eigenvalue weighted by Crippen LogP contribution is -2.15. The minimum absolute atomic E-state index is 0.213. The van der Waals surface area contributed by atoms with Crippen molar-refractivity contribution in [3.8, 4) is 0 Å². The molecule has 1 saturated heterocycles. The fourth-order valence-corrected chi connectivity index (χ4v) is 1.67. The Morgan fingerprint density at radius 2 is 2.08 bits per heavy atom. The molecular weight excluding hydrogens is 156 g/mol. The average Bonchev–Trinajstić information content (AvgIpc) is 2.51. The molecule has 0 aromatic rings. The number of cyclic esters (lactones) is 1. The second-order valence-corrected chi connectivity index (χ2v) is 3.45. The van der Waals surface area contributed by atoms with Crippen LogP contribution in [0.15, 0.2) is 11.6 Å². The van der Waals surface area contributed by atoms with E-state index in [4.69, 9.17) is 9.84 Å². The quantitative estimate of drug-likeness (QED) is 0.489. The molecule has 1 N–H and O–H groups in total. The maximum atomic E-state index is 10.8. The van der Waals surface area contributed by atoms with Crippen LogP contribution in [0.2, 0.25) is 0 Å². The van der Waals surface area contributed by atoms with E-state index in [0.29, 0.717) is 0 Å². The summed E-state index contributed by atoms with van der Waals surface area (Å²) in [6.45, 7) is -0.213. The number of hydrogen-bond donors (Lipinski definition) is 1. The molecule has 66 valence electrons. The summed E-state index contributed by atoms with van der Waals surface area (Å²) in [5.41, 5.74) is 0.328. The van der Waals surface area contributed by atoms with Gasteiger partial charge in [-0.15, -0.1) is 0 Å². The van der Waals surface area contributed by atoms with Crippen molar-refractivity contribution in [2.75, 3.05) is 6.61 Å². The number of hydrogen-bond acceptors (Lipinski definition) is 3. The molecule has 1 unspecified atom stereocenters. The van der Waals surface area contributed by atoms with Crippen LogP contribution < -0.4 is 0 Å². The fraction of sp³-hybridized carbons (Fsp3) is 0.667. The number of carbonyl (C=O) groups is 1. The van der Waals surface area contributed by atoms with Gasteiger partial charge in [0.15, 0.2) is 0 Å². The number of ether oxygens (including phenoxy) is 1. The molecule has 1 saturated carbocycles. The van der Waals surface area contributed by atoms with E-state index in [-0.39, 0.29) is 12.6 Å². The third-order valence-corrected chi connectivity index (χ3v) is 2.50. The summed E-state index contributed by atoms with van der Waals surface area (Å²) in [4.78, 5) is 10.8. The van der Waals surface area contributed by atoms with E-state index >= 15 is 0 Å². The van der Waals surface area contributed by atoms with Crippen molar-refractivity contribution in [2.24, 2.45) is 0 Å². The van der Waals surface area contributed by atoms with Gasteiger partial charge in [0.25, 0.3) is 0 Å². The topological polar surface area (TPSA) is 49.8 Å². The smallest absolute Gasteiger partial charge is 0.358 e. The van der Waals surface area contributed by atoms with Crippen LogP contribution in [-0.2, 0) is 9.53 Å². The van der Waals surface area contributed by atoms with Crippen molar-refractivity contribution in [1.29, 1.82) is 0 Å². The summed E-state index contributed by atoms with van der Waals surface area (Å²) in [5.74, 6) is -0.288. The van der Waals surface area contributed by atoms with Crippen molar-refractivity contribution in [3.05, 3.63) is 11.6 Å². The lowest BCUT2D eigenvalue weighted by molar-refractivity contribution is -0.117. The molecule has 3 heteroatoms. The zero-order chi connectivity index (χ0) is 8.60. The van der Waals surface area contributed by atoms with Crippen LogP contribution in [0.3, 0.4) is 0 Å². The van der Waals surface area contributed by atoms with Crippen LogP contribution in [0.25, 0.3) is 0 Å². The summed E-state index contributed by atoms with van der Waals surface area (Å²) in [6.07, 6.45) is 6.31. The van der Waals surface area contributed by atoms with Gasteiger partial charge < -0.3 is 9.84 Å². The molecule has 1 heterocycles. The predicted molar refractivity (Wildman–Crippen MR) is 42.5 cm³/mol. The number of allylic oxidation sites excluding steroid dienone is 1. The minimum atomic E-state index is -0.931. The van der Waals surface area contributed by atoms with Gasteiger partial charge >= 0.3 is 5.97 Å². The highest BCUT2D eigenvalue weighted by atomic mass is 16.7. The summed E-state index contributed by atoms with van der Waals surface area (Å²) in [6, 6.07) is 0. The van der Waals surface area contributed by atoms with Gasteiger partial charge in [0.05, 0.1) is 6.61 Å². The van der Waals surface area contributed by atoms with Crippen molar-refractivity contribution < 1.29 is 14.6 Å². The first kappa shape index (κ1) is 7.80. The summed E-state index contributed by atoms with van der Waals surface area (Å²) >= 11 is 0. The Kier molecular flexibility index (Phi) is 1.68. The molecule has 0 bridgehead atoms. The first-order valence-corrected chi connectivity index (χ1v) is 4.32. The van der Waals surface area contributed by atoms with E-state index in [9.17, 15) is 4.79 Å². The summed E-state index contributed by atoms with van der Waals surface area (Å²) < 4.78 is 4.75. The molecular formula is C9H12O3. The van der Waals surface area contributed by atoms with E-state index in [2.05, 4.69) is 0 Å². The highest BCUT2D eigenvalue weighted by Crippen LogP contribution is 2.35. The third-order valence-electron chi connectivity index (χ3n) is 2.50. The van der Waals surface area contributed by atoms with Crippen molar-refractivity contribution >= 4 is 5.97 Å². The van der Waals surface area contributed by atoms with Gasteiger partial charge in [-0.1, -0.05) is 5.57 Å². The van der Waals surface area contributed by atoms with E-state index in [1.165, 1.54) is 18.4 Å². The van der Waals surface area contributed by atoms with Crippen LogP contribution in [0.1, 0.15) is 25.7 Å². The maximum absolute atomic E-state index is 10.8. The normalized spacial score (nSPS) is 33.4. The maximum Gasteiger partial charge on any atom is 0.358 e. The Morgan fingerprint density at radius 3 is 2.50 bits per heavy atom. The first-order chi connectivity index (χ1) is 5.77. The highest BCUT2D eigenvalue weighted by Gasteiger charge is 2.56. The highest BCUT2D eigenvalue weighted by molar-refractivity contribution is 5.95. The zero-order valence-electron chi connectivity index (χ0n) is 6.88. The number of rotatable bonds is 2. The molecule has 2 fully saturated rings. The molecule has 0 radical (unpaired) electrons. The van der Waals surface area contributed by atoms with E-state index in [1.807, 2.05) is 6.08 Å². The van der Waals surface area contributed by atoms with Crippen molar-refractivity contribution in [2.45, 2.75) is 31.3 Å². The average molecular weight is 168 g/mol. The van der Waals surface area contributed by atoms with Crippen LogP contribution in [0, 0.1) is 0 Å². The SMILES string of the molecule is O=C1OC1(C=C1CCCC1)CO. The van der Waals surface area contributed by atoms with Gasteiger partial charge in [0, 0.05) is 0 Å². The van der Waals surface area contributed by atoms with Crippen LogP contribution in [-0.4, -0.2) is 23.3 Å². The molecule has 3 nitrogen and oxygen atoms in total. The number of aliphatic hydroxyl groups is 1. The molecule has 0 spiro atoms. The molecule has 0 amide bonds. The predicted octanol–water partition coefficient (Wildman–Crippen LogP) is 0.775. The molecule has 12 heavy (non-hydrogen) atoms. The van der Waals surface area contributed by atoms with Crippen LogP contribution in [0.5, 0.6) is 0 Å². The zero-order valence-corrected chi connectivity index (χ0v) is 6.88. The second-order valence-electron chi connectivity index (χ2n) is 3.45. The van der Waals surface area contributed by atoms with Crippen molar-refractivity contribution in [3.63, 3.8) is 0 Å². The van der Waals surface area contributed by atoms with Gasteiger partial charge in [0.2, 0.25) is 5.60 Å². The molecule has 1 atom stereocenters. The van der Waals surface area contributed by atoms with Gasteiger partial charge in [-0.2, -0.15) is 0 Å². The molecule has 0 aromatic heterocycles. The van der Waals surface area contributed by atoms with Crippen LogP contribution >= 0.6 is 0 Å². The van der Waals surface area contributed by atoms with Crippen LogP contribution in [0.4, 0.5) is 0 Å². The fourth-order valence-electron chi connectivity index (χ4n) is 1.67. The number of aliphatic hydroxyl groups excluding tert-OH is 1. The standard InChI is InChI=1S/C9H12O3/c10-6-9(8(11)12-9)5-7-3-1-2-4-7/h5,10H,1-4,6H2. The van der Waals surface area contributed by atoms with Gasteiger partial charge in [0.1, 0.15) is 0 Å². The lowest BCUT2D eigenvalue weighted by Gasteiger charge is -1.99. The molecule has 1 aliphatic carbocycles. The second kappa shape index (κ2) is 2.59. The summed E-state index contributed by atoms with van der Waals surface area (Å²) in [5, 5.41) is 8.90. The third kappa shape index (κ3) is 1.14. The Labute approximate surface area is 71.0 Å². The molecule has 1 aliphatic heterocycles. The summed E-state index contributed by atoms with van der Waals surface area (Å²) in [7, 11) is 0.